The molecule has 0 saturated carbocycles. The van der Waals surface area contributed by atoms with Crippen LogP contribution in [0.25, 0.3) is 0 Å². The number of likely N-dealkylation sites (N-methyl/N-ethyl adjacent to an activating group) is 1. The molecule has 2 atom stereocenters. The maximum absolute atomic E-state index is 12.6. The van der Waals surface area contributed by atoms with Gasteiger partial charge in [0, 0.05) is 26.1 Å². The molecule has 114 valence electrons. The highest BCUT2D eigenvalue weighted by Gasteiger charge is 2.48. The second-order valence-corrected chi connectivity index (χ2v) is 7.91. The summed E-state index contributed by atoms with van der Waals surface area (Å²) in [5.74, 6) is 0.0502. The molecule has 0 spiro atoms. The highest BCUT2D eigenvalue weighted by atomic mass is 32.2. The fourth-order valence-electron chi connectivity index (χ4n) is 3.33. The number of likely N-dealkylation sites (tertiary alicyclic amines) is 1. The van der Waals surface area contributed by atoms with Crippen molar-refractivity contribution in [1.82, 2.24) is 9.21 Å². The number of carbonyl (C=O) groups excluding carboxylic acids is 1. The minimum atomic E-state index is -3.37. The average molecular weight is 308 g/mol. The number of aryl methyl sites for hydroxylation is 1. The van der Waals surface area contributed by atoms with Gasteiger partial charge < -0.3 is 4.90 Å². The van der Waals surface area contributed by atoms with Gasteiger partial charge in [0.05, 0.1) is 11.8 Å². The number of fused-ring (bicyclic) bond motifs is 1. The number of amides is 1. The molecule has 3 rings (SSSR count). The fourth-order valence-corrected chi connectivity index (χ4v) is 5.12. The van der Waals surface area contributed by atoms with Crippen molar-refractivity contribution in [1.29, 1.82) is 0 Å². The standard InChI is InChI=1S/C15H20N2O3S/c1-11-3-5-12(6-4-11)10-21(19,20)17-8-7-13-14(17)9-15(18)16(13)2/h3-6,13-14H,7-10H2,1-2H3/t13-,14+/m0/s1. The van der Waals surface area contributed by atoms with E-state index >= 15 is 0 Å². The van der Waals surface area contributed by atoms with Crippen molar-refractivity contribution in [3.05, 3.63) is 35.4 Å². The minimum absolute atomic E-state index is 0.00834. The molecule has 0 N–H and O–H groups in total. The largest absolute Gasteiger partial charge is 0.341 e. The second-order valence-electron chi connectivity index (χ2n) is 5.98. The van der Waals surface area contributed by atoms with E-state index < -0.39 is 10.0 Å². The van der Waals surface area contributed by atoms with Crippen LogP contribution in [-0.2, 0) is 20.6 Å². The molecular weight excluding hydrogens is 288 g/mol. The number of benzene rings is 1. The van der Waals surface area contributed by atoms with E-state index in [9.17, 15) is 13.2 Å². The van der Waals surface area contributed by atoms with Gasteiger partial charge >= 0.3 is 0 Å². The topological polar surface area (TPSA) is 57.7 Å². The maximum atomic E-state index is 12.6. The van der Waals surface area contributed by atoms with Crippen LogP contribution in [0.1, 0.15) is 24.0 Å². The fraction of sp³-hybridized carbons (Fsp3) is 0.533. The van der Waals surface area contributed by atoms with Gasteiger partial charge in [-0.2, -0.15) is 4.31 Å². The Bertz CT molecular complexity index is 654. The van der Waals surface area contributed by atoms with Gasteiger partial charge in [0.25, 0.3) is 0 Å². The summed E-state index contributed by atoms with van der Waals surface area (Å²) in [5.41, 5.74) is 1.90. The van der Waals surface area contributed by atoms with Crippen molar-refractivity contribution in [2.75, 3.05) is 13.6 Å². The molecule has 2 saturated heterocycles. The Kier molecular flexibility index (Phi) is 3.53. The predicted molar refractivity (Wildman–Crippen MR) is 80.1 cm³/mol. The first-order valence-corrected chi connectivity index (χ1v) is 8.80. The zero-order valence-corrected chi connectivity index (χ0v) is 13.1. The summed E-state index contributed by atoms with van der Waals surface area (Å²) in [6.07, 6.45) is 1.05. The molecular formula is C15H20N2O3S. The summed E-state index contributed by atoms with van der Waals surface area (Å²) in [6, 6.07) is 7.41. The normalized spacial score (nSPS) is 26.4. The summed E-state index contributed by atoms with van der Waals surface area (Å²) in [4.78, 5) is 13.5. The summed E-state index contributed by atoms with van der Waals surface area (Å²) in [5, 5.41) is 0. The van der Waals surface area contributed by atoms with Crippen LogP contribution in [0.3, 0.4) is 0 Å². The van der Waals surface area contributed by atoms with Crippen LogP contribution < -0.4 is 0 Å². The number of rotatable bonds is 3. The Labute approximate surface area is 125 Å². The van der Waals surface area contributed by atoms with E-state index in [1.165, 1.54) is 0 Å². The van der Waals surface area contributed by atoms with Crippen molar-refractivity contribution in [2.24, 2.45) is 0 Å². The van der Waals surface area contributed by atoms with E-state index in [0.717, 1.165) is 17.5 Å². The predicted octanol–water partition coefficient (Wildman–Crippen LogP) is 1.13. The van der Waals surface area contributed by atoms with Crippen LogP contribution in [-0.4, -0.2) is 49.2 Å². The molecule has 0 aromatic heterocycles. The molecule has 1 aromatic carbocycles. The monoisotopic (exact) mass is 308 g/mol. The number of carbonyl (C=O) groups is 1. The van der Waals surface area contributed by atoms with Crippen molar-refractivity contribution >= 4 is 15.9 Å². The van der Waals surface area contributed by atoms with Crippen molar-refractivity contribution in [3.8, 4) is 0 Å². The van der Waals surface area contributed by atoms with Gasteiger partial charge in [0.1, 0.15) is 0 Å². The summed E-state index contributed by atoms with van der Waals surface area (Å²) in [7, 11) is -1.61. The molecule has 5 nitrogen and oxygen atoms in total. The molecule has 0 bridgehead atoms. The molecule has 2 fully saturated rings. The smallest absolute Gasteiger partial charge is 0.224 e. The summed E-state index contributed by atoms with van der Waals surface area (Å²) in [6.45, 7) is 2.49. The molecule has 21 heavy (non-hydrogen) atoms. The Balaban J connectivity index is 1.79. The van der Waals surface area contributed by atoms with E-state index in [0.29, 0.717) is 13.0 Å². The molecule has 6 heteroatoms. The van der Waals surface area contributed by atoms with Gasteiger partial charge in [0.2, 0.25) is 15.9 Å². The van der Waals surface area contributed by atoms with Crippen LogP contribution in [0.2, 0.25) is 0 Å². The highest BCUT2D eigenvalue weighted by Crippen LogP contribution is 2.34. The first kappa shape index (κ1) is 14.5. The Morgan fingerprint density at radius 1 is 1.19 bits per heavy atom. The van der Waals surface area contributed by atoms with Crippen molar-refractivity contribution in [3.63, 3.8) is 0 Å². The summed E-state index contributed by atoms with van der Waals surface area (Å²) < 4.78 is 26.8. The Morgan fingerprint density at radius 3 is 2.52 bits per heavy atom. The van der Waals surface area contributed by atoms with E-state index in [2.05, 4.69) is 0 Å². The minimum Gasteiger partial charge on any atom is -0.341 e. The molecule has 2 aliphatic heterocycles. The zero-order chi connectivity index (χ0) is 15.2. The first-order valence-electron chi connectivity index (χ1n) is 7.19. The van der Waals surface area contributed by atoms with Crippen LogP contribution in [0.5, 0.6) is 0 Å². The van der Waals surface area contributed by atoms with E-state index in [-0.39, 0.29) is 23.7 Å². The van der Waals surface area contributed by atoms with Crippen LogP contribution in [0, 0.1) is 6.92 Å². The van der Waals surface area contributed by atoms with Crippen LogP contribution in [0.4, 0.5) is 0 Å². The lowest BCUT2D eigenvalue weighted by molar-refractivity contribution is -0.127. The van der Waals surface area contributed by atoms with E-state index in [1.54, 1.807) is 16.3 Å². The first-order chi connectivity index (χ1) is 9.88. The number of hydrogen-bond donors (Lipinski definition) is 0. The maximum Gasteiger partial charge on any atom is 0.224 e. The van der Waals surface area contributed by atoms with Gasteiger partial charge in [0.15, 0.2) is 0 Å². The number of hydrogen-bond acceptors (Lipinski definition) is 3. The molecule has 2 heterocycles. The molecule has 1 aromatic rings. The number of nitrogens with zero attached hydrogens (tertiary/aromatic N) is 2. The van der Waals surface area contributed by atoms with Crippen LogP contribution in [0.15, 0.2) is 24.3 Å². The van der Waals surface area contributed by atoms with Crippen molar-refractivity contribution < 1.29 is 13.2 Å². The van der Waals surface area contributed by atoms with Gasteiger partial charge in [-0.1, -0.05) is 29.8 Å². The summed E-state index contributed by atoms with van der Waals surface area (Å²) >= 11 is 0. The molecule has 0 radical (unpaired) electrons. The van der Waals surface area contributed by atoms with E-state index in [1.807, 2.05) is 31.2 Å². The second kappa shape index (κ2) is 5.10. The Morgan fingerprint density at radius 2 is 1.86 bits per heavy atom. The number of sulfonamides is 1. The van der Waals surface area contributed by atoms with Gasteiger partial charge in [-0.3, -0.25) is 4.79 Å². The highest BCUT2D eigenvalue weighted by molar-refractivity contribution is 7.88. The lowest BCUT2D eigenvalue weighted by Crippen LogP contribution is -2.39. The lowest BCUT2D eigenvalue weighted by Gasteiger charge is -2.23. The third-order valence-corrected chi connectivity index (χ3v) is 6.43. The Hall–Kier alpha value is -1.40. The molecule has 0 unspecified atom stereocenters. The SMILES string of the molecule is Cc1ccc(CS(=O)(=O)N2CC[C@H]3[C@H]2CC(=O)N3C)cc1. The van der Waals surface area contributed by atoms with E-state index in [4.69, 9.17) is 0 Å². The molecule has 0 aliphatic carbocycles. The quantitative estimate of drug-likeness (QED) is 0.841. The van der Waals surface area contributed by atoms with Crippen molar-refractivity contribution in [2.45, 2.75) is 37.6 Å². The van der Waals surface area contributed by atoms with Gasteiger partial charge in [-0.15, -0.1) is 0 Å². The third-order valence-electron chi connectivity index (χ3n) is 4.56. The van der Waals surface area contributed by atoms with Crippen LogP contribution >= 0.6 is 0 Å². The van der Waals surface area contributed by atoms with Gasteiger partial charge in [-0.25, -0.2) is 8.42 Å². The average Bonchev–Trinajstić information content (AvgIpc) is 2.94. The molecule has 2 aliphatic rings. The lowest BCUT2D eigenvalue weighted by atomic mass is 10.1. The van der Waals surface area contributed by atoms with Gasteiger partial charge in [-0.05, 0) is 18.9 Å². The molecule has 1 amide bonds. The zero-order valence-electron chi connectivity index (χ0n) is 12.3. The third kappa shape index (κ3) is 2.58.